The summed E-state index contributed by atoms with van der Waals surface area (Å²) in [4.78, 5) is 14.1. The summed E-state index contributed by atoms with van der Waals surface area (Å²) in [6.07, 6.45) is -1.85. The molecule has 13 heteroatoms. The van der Waals surface area contributed by atoms with Crippen LogP contribution in [0.4, 0.5) is 13.2 Å². The van der Waals surface area contributed by atoms with Crippen molar-refractivity contribution in [2.75, 3.05) is 19.3 Å². The summed E-state index contributed by atoms with van der Waals surface area (Å²) in [5.41, 5.74) is -0.999. The van der Waals surface area contributed by atoms with Crippen molar-refractivity contribution in [2.45, 2.75) is 53.7 Å². The molecule has 0 spiro atoms. The van der Waals surface area contributed by atoms with Crippen LogP contribution in [-0.4, -0.2) is 63.4 Å². The Kier molecular flexibility index (Phi) is 7.19. The standard InChI is InChI=1S/C23H24ClF3N2O5S2/c1-35(31,32)18-7-8-21(24)20(14-18)22(30)28-11-9-17(10-12-28)29(16-5-6-16)36(33,34)19-4-2-3-15(13-19)23(25,26)27/h2-4,7-8,13-14,16-17H,5-6,9-12H2,1H3. The predicted molar refractivity (Wildman–Crippen MR) is 127 cm³/mol. The van der Waals surface area contributed by atoms with Crippen LogP contribution in [0, 0.1) is 0 Å². The third kappa shape index (κ3) is 5.56. The Morgan fingerprint density at radius 3 is 2.11 bits per heavy atom. The molecule has 0 unspecified atom stereocenters. The number of hydrogen-bond donors (Lipinski definition) is 0. The minimum absolute atomic E-state index is 0.0358. The summed E-state index contributed by atoms with van der Waals surface area (Å²) in [7, 11) is -7.75. The number of amides is 1. The normalized spacial score (nSPS) is 18.0. The first-order valence-corrected chi connectivity index (χ1v) is 14.9. The zero-order valence-corrected chi connectivity index (χ0v) is 21.6. The van der Waals surface area contributed by atoms with Crippen LogP contribution < -0.4 is 0 Å². The van der Waals surface area contributed by atoms with Gasteiger partial charge < -0.3 is 4.90 Å². The molecule has 0 bridgehead atoms. The maximum absolute atomic E-state index is 13.4. The molecule has 196 valence electrons. The fraction of sp³-hybridized carbons (Fsp3) is 0.435. The molecule has 1 heterocycles. The highest BCUT2D eigenvalue weighted by Gasteiger charge is 2.44. The molecular formula is C23H24ClF3N2O5S2. The van der Waals surface area contributed by atoms with Gasteiger partial charge in [0.25, 0.3) is 5.91 Å². The van der Waals surface area contributed by atoms with Crippen molar-refractivity contribution in [3.63, 3.8) is 0 Å². The Labute approximate surface area is 212 Å². The third-order valence-electron chi connectivity index (χ3n) is 6.35. The molecule has 2 aromatic rings. The monoisotopic (exact) mass is 564 g/mol. The molecule has 0 aromatic heterocycles. The van der Waals surface area contributed by atoms with Gasteiger partial charge in [0.15, 0.2) is 9.84 Å². The number of alkyl halides is 3. The maximum atomic E-state index is 13.4. The number of rotatable bonds is 6. The molecule has 0 N–H and O–H groups in total. The van der Waals surface area contributed by atoms with E-state index in [9.17, 15) is 34.8 Å². The molecule has 1 aliphatic carbocycles. The quantitative estimate of drug-likeness (QED) is 0.524. The lowest BCUT2D eigenvalue weighted by Gasteiger charge is -2.38. The number of carbonyl (C=O) groups excluding carboxylic acids is 1. The molecule has 0 atom stereocenters. The van der Waals surface area contributed by atoms with Gasteiger partial charge in [-0.1, -0.05) is 17.7 Å². The topological polar surface area (TPSA) is 91.8 Å². The molecule has 1 amide bonds. The summed E-state index contributed by atoms with van der Waals surface area (Å²) < 4.78 is 91.4. The number of carbonyl (C=O) groups is 1. The van der Waals surface area contributed by atoms with Gasteiger partial charge in [0, 0.05) is 31.4 Å². The molecule has 1 saturated heterocycles. The highest BCUT2D eigenvalue weighted by Crippen LogP contribution is 2.38. The van der Waals surface area contributed by atoms with Crippen molar-refractivity contribution in [3.05, 3.63) is 58.6 Å². The van der Waals surface area contributed by atoms with E-state index >= 15 is 0 Å². The average Bonchev–Trinajstić information content (AvgIpc) is 3.63. The highest BCUT2D eigenvalue weighted by atomic mass is 35.5. The van der Waals surface area contributed by atoms with E-state index in [4.69, 9.17) is 11.6 Å². The molecule has 1 saturated carbocycles. The molecule has 4 rings (SSSR count). The van der Waals surface area contributed by atoms with E-state index in [-0.39, 0.29) is 47.5 Å². The summed E-state index contributed by atoms with van der Waals surface area (Å²) in [6.45, 7) is 0.370. The van der Waals surface area contributed by atoms with Crippen LogP contribution in [0.1, 0.15) is 41.6 Å². The van der Waals surface area contributed by atoms with E-state index in [2.05, 4.69) is 0 Å². The highest BCUT2D eigenvalue weighted by molar-refractivity contribution is 7.90. The van der Waals surface area contributed by atoms with E-state index in [1.807, 2.05) is 0 Å². The van der Waals surface area contributed by atoms with Crippen molar-refractivity contribution in [1.29, 1.82) is 0 Å². The number of sulfonamides is 1. The van der Waals surface area contributed by atoms with Crippen LogP contribution >= 0.6 is 11.6 Å². The van der Waals surface area contributed by atoms with Crippen molar-refractivity contribution >= 4 is 37.4 Å². The molecule has 2 aromatic carbocycles. The van der Waals surface area contributed by atoms with Crippen LogP contribution in [0.2, 0.25) is 5.02 Å². The average molecular weight is 565 g/mol. The first kappa shape index (κ1) is 26.9. The zero-order chi connectivity index (χ0) is 26.5. The lowest BCUT2D eigenvalue weighted by molar-refractivity contribution is -0.137. The van der Waals surface area contributed by atoms with E-state index in [0.29, 0.717) is 18.9 Å². The fourth-order valence-electron chi connectivity index (χ4n) is 4.37. The lowest BCUT2D eigenvalue weighted by Crippen LogP contribution is -2.49. The molecule has 7 nitrogen and oxygen atoms in total. The number of nitrogens with zero attached hydrogens (tertiary/aromatic N) is 2. The minimum atomic E-state index is -4.67. The Bertz CT molecular complexity index is 1380. The largest absolute Gasteiger partial charge is 0.416 e. The van der Waals surface area contributed by atoms with Gasteiger partial charge in [-0.3, -0.25) is 4.79 Å². The Morgan fingerprint density at radius 2 is 1.56 bits per heavy atom. The molecule has 2 aliphatic rings. The fourth-order valence-corrected chi connectivity index (χ4v) is 7.19. The number of piperidine rings is 1. The van der Waals surface area contributed by atoms with Crippen LogP contribution in [0.5, 0.6) is 0 Å². The van der Waals surface area contributed by atoms with Crippen molar-refractivity contribution < 1.29 is 34.8 Å². The smallest absolute Gasteiger partial charge is 0.338 e. The van der Waals surface area contributed by atoms with Crippen LogP contribution in [0.3, 0.4) is 0 Å². The molecule has 1 aliphatic heterocycles. The number of halogens is 4. The van der Waals surface area contributed by atoms with E-state index < -0.39 is 48.4 Å². The van der Waals surface area contributed by atoms with E-state index in [1.165, 1.54) is 27.4 Å². The van der Waals surface area contributed by atoms with Crippen LogP contribution in [0.15, 0.2) is 52.3 Å². The first-order valence-electron chi connectivity index (χ1n) is 11.2. The van der Waals surface area contributed by atoms with E-state index in [0.717, 1.165) is 24.5 Å². The van der Waals surface area contributed by atoms with Gasteiger partial charge in [0.2, 0.25) is 10.0 Å². The third-order valence-corrected chi connectivity index (χ3v) is 9.79. The van der Waals surface area contributed by atoms with Crippen molar-refractivity contribution in [2.24, 2.45) is 0 Å². The zero-order valence-electron chi connectivity index (χ0n) is 19.2. The second kappa shape index (κ2) is 9.62. The van der Waals surface area contributed by atoms with Gasteiger partial charge in [-0.2, -0.15) is 17.5 Å². The van der Waals surface area contributed by atoms with Gasteiger partial charge in [0.05, 0.1) is 25.9 Å². The van der Waals surface area contributed by atoms with Gasteiger partial charge >= 0.3 is 6.18 Å². The van der Waals surface area contributed by atoms with Gasteiger partial charge in [0.1, 0.15) is 0 Å². The second-order valence-electron chi connectivity index (χ2n) is 9.03. The van der Waals surface area contributed by atoms with Crippen molar-refractivity contribution in [3.8, 4) is 0 Å². The first-order chi connectivity index (χ1) is 16.7. The predicted octanol–water partition coefficient (Wildman–Crippen LogP) is 4.22. The Hall–Kier alpha value is -2.15. The van der Waals surface area contributed by atoms with Crippen molar-refractivity contribution in [1.82, 2.24) is 9.21 Å². The second-order valence-corrected chi connectivity index (χ2v) is 13.3. The van der Waals surface area contributed by atoms with Crippen LogP contribution in [-0.2, 0) is 26.0 Å². The number of likely N-dealkylation sites (tertiary alicyclic amines) is 1. The maximum Gasteiger partial charge on any atom is 0.416 e. The molecule has 0 radical (unpaired) electrons. The number of sulfone groups is 1. The molecular weight excluding hydrogens is 541 g/mol. The number of hydrogen-bond acceptors (Lipinski definition) is 5. The van der Waals surface area contributed by atoms with Crippen LogP contribution in [0.25, 0.3) is 0 Å². The Morgan fingerprint density at radius 1 is 0.944 bits per heavy atom. The summed E-state index contributed by atoms with van der Waals surface area (Å²) in [6, 6.07) is 6.82. The number of benzene rings is 2. The Balaban J connectivity index is 1.53. The van der Waals surface area contributed by atoms with Gasteiger partial charge in [-0.25, -0.2) is 16.8 Å². The summed E-state index contributed by atoms with van der Waals surface area (Å²) >= 11 is 6.15. The lowest BCUT2D eigenvalue weighted by atomic mass is 10.0. The van der Waals surface area contributed by atoms with Gasteiger partial charge in [-0.05, 0) is 62.1 Å². The molecule has 2 fully saturated rings. The SMILES string of the molecule is CS(=O)(=O)c1ccc(Cl)c(C(=O)N2CCC(N(C3CC3)S(=O)(=O)c3cccc(C(F)(F)F)c3)CC2)c1. The molecule has 36 heavy (non-hydrogen) atoms. The van der Waals surface area contributed by atoms with Gasteiger partial charge in [-0.15, -0.1) is 0 Å². The van der Waals surface area contributed by atoms with E-state index in [1.54, 1.807) is 0 Å². The summed E-state index contributed by atoms with van der Waals surface area (Å²) in [5, 5.41) is 0.0984. The summed E-state index contributed by atoms with van der Waals surface area (Å²) in [5.74, 6) is -0.470. The minimum Gasteiger partial charge on any atom is -0.338 e.